The highest BCUT2D eigenvalue weighted by Gasteiger charge is 2.28. The van der Waals surface area contributed by atoms with Gasteiger partial charge < -0.3 is 9.64 Å². The molecule has 2 aromatic rings. The van der Waals surface area contributed by atoms with E-state index in [-0.39, 0.29) is 0 Å². The van der Waals surface area contributed by atoms with Crippen LogP contribution in [0.4, 0.5) is 5.95 Å². The molecule has 1 fully saturated rings. The number of ether oxygens (including phenoxy) is 1. The third-order valence-corrected chi connectivity index (χ3v) is 7.49. The molecule has 30 heavy (non-hydrogen) atoms. The third kappa shape index (κ3) is 6.08. The molecule has 1 aromatic heterocycles. The van der Waals surface area contributed by atoms with E-state index in [0.717, 1.165) is 38.3 Å². The molecule has 0 radical (unpaired) electrons. The topological polar surface area (TPSA) is 72.4 Å². The number of aromatic nitrogens is 2. The van der Waals surface area contributed by atoms with Crippen LogP contribution < -0.4 is 9.64 Å². The number of piperidine rings is 1. The first-order valence-corrected chi connectivity index (χ1v) is 12.7. The van der Waals surface area contributed by atoms with E-state index in [0.29, 0.717) is 40.0 Å². The minimum absolute atomic E-state index is 0.312. The number of rotatable bonds is 8. The predicted molar refractivity (Wildman–Crippen MR) is 120 cm³/mol. The highest BCUT2D eigenvalue weighted by molar-refractivity contribution is 7.90. The summed E-state index contributed by atoms with van der Waals surface area (Å²) < 4.78 is 28.9. The van der Waals surface area contributed by atoms with Crippen molar-refractivity contribution in [2.75, 3.05) is 30.9 Å². The van der Waals surface area contributed by atoms with Gasteiger partial charge in [0.15, 0.2) is 9.84 Å². The van der Waals surface area contributed by atoms with Crippen LogP contribution in [0, 0.1) is 17.8 Å². The van der Waals surface area contributed by atoms with Crippen LogP contribution in [0.1, 0.15) is 33.1 Å². The van der Waals surface area contributed by atoms with Crippen molar-refractivity contribution in [3.8, 4) is 5.75 Å². The number of hydrogen-bond acceptors (Lipinski definition) is 6. The van der Waals surface area contributed by atoms with Crippen molar-refractivity contribution < 1.29 is 13.2 Å². The lowest BCUT2D eigenvalue weighted by atomic mass is 9.77. The van der Waals surface area contributed by atoms with Crippen LogP contribution in [-0.4, -0.2) is 44.3 Å². The minimum atomic E-state index is -3.17. The van der Waals surface area contributed by atoms with Crippen LogP contribution in [0.25, 0.3) is 0 Å². The van der Waals surface area contributed by atoms with Gasteiger partial charge in [-0.25, -0.2) is 18.4 Å². The van der Waals surface area contributed by atoms with Gasteiger partial charge in [-0.2, -0.15) is 0 Å². The molecule has 0 bridgehead atoms. The Bertz CT molecular complexity index is 912. The summed E-state index contributed by atoms with van der Waals surface area (Å²) >= 11 is 5.88. The molecule has 2 atom stereocenters. The molecule has 1 aromatic carbocycles. The molecule has 0 aliphatic carbocycles. The second-order valence-corrected chi connectivity index (χ2v) is 10.7. The fraction of sp³-hybridized carbons (Fsp3) is 0.545. The van der Waals surface area contributed by atoms with Crippen molar-refractivity contribution in [2.45, 2.75) is 38.0 Å². The van der Waals surface area contributed by atoms with Gasteiger partial charge in [-0.1, -0.05) is 25.4 Å². The molecule has 164 valence electrons. The van der Waals surface area contributed by atoms with Gasteiger partial charge in [-0.05, 0) is 61.3 Å². The summed E-state index contributed by atoms with van der Waals surface area (Å²) in [5, 5.41) is 0.560. The summed E-state index contributed by atoms with van der Waals surface area (Å²) in [6.07, 6.45) is 7.73. The van der Waals surface area contributed by atoms with Gasteiger partial charge >= 0.3 is 0 Å². The maximum atomic E-state index is 11.5. The van der Waals surface area contributed by atoms with E-state index in [9.17, 15) is 8.42 Å². The molecule has 0 amide bonds. The van der Waals surface area contributed by atoms with Gasteiger partial charge in [0.05, 0.1) is 28.9 Å². The van der Waals surface area contributed by atoms with Gasteiger partial charge in [0.25, 0.3) is 0 Å². The van der Waals surface area contributed by atoms with Crippen LogP contribution in [-0.2, 0) is 9.84 Å². The van der Waals surface area contributed by atoms with E-state index < -0.39 is 9.84 Å². The Morgan fingerprint density at radius 1 is 1.13 bits per heavy atom. The smallest absolute Gasteiger partial charge is 0.225 e. The zero-order valence-electron chi connectivity index (χ0n) is 17.8. The van der Waals surface area contributed by atoms with Crippen molar-refractivity contribution in [2.24, 2.45) is 17.8 Å². The lowest BCUT2D eigenvalue weighted by Crippen LogP contribution is -2.37. The van der Waals surface area contributed by atoms with E-state index in [4.69, 9.17) is 16.3 Å². The summed E-state index contributed by atoms with van der Waals surface area (Å²) in [5.41, 5.74) is 0. The zero-order valence-corrected chi connectivity index (χ0v) is 19.4. The Labute approximate surface area is 184 Å². The lowest BCUT2D eigenvalue weighted by Gasteiger charge is -2.37. The van der Waals surface area contributed by atoms with Crippen molar-refractivity contribution >= 4 is 27.4 Å². The van der Waals surface area contributed by atoms with Gasteiger partial charge in [0.2, 0.25) is 5.95 Å². The molecule has 8 heteroatoms. The first-order valence-electron chi connectivity index (χ1n) is 10.4. The molecule has 1 aliphatic heterocycles. The second kappa shape index (κ2) is 9.96. The van der Waals surface area contributed by atoms with Crippen LogP contribution in [0.15, 0.2) is 41.6 Å². The van der Waals surface area contributed by atoms with E-state index in [1.807, 2.05) is 0 Å². The van der Waals surface area contributed by atoms with Crippen LogP contribution in [0.5, 0.6) is 5.75 Å². The fourth-order valence-electron chi connectivity index (χ4n) is 3.97. The molecular formula is C22H30ClN3O3S. The maximum Gasteiger partial charge on any atom is 0.225 e. The summed E-state index contributed by atoms with van der Waals surface area (Å²) in [5.74, 6) is 3.29. The predicted octanol–water partition coefficient (Wildman–Crippen LogP) is 4.49. The largest absolute Gasteiger partial charge is 0.494 e. The van der Waals surface area contributed by atoms with E-state index in [2.05, 4.69) is 28.7 Å². The summed E-state index contributed by atoms with van der Waals surface area (Å²) in [7, 11) is -3.17. The number of benzene rings is 1. The Morgan fingerprint density at radius 3 is 2.30 bits per heavy atom. The fourth-order valence-corrected chi connectivity index (χ4v) is 4.70. The Balaban J connectivity index is 1.42. The highest BCUT2D eigenvalue weighted by Crippen LogP contribution is 2.32. The summed E-state index contributed by atoms with van der Waals surface area (Å²) in [6.45, 7) is 7.18. The Morgan fingerprint density at radius 2 is 1.73 bits per heavy atom. The quantitative estimate of drug-likeness (QED) is 0.588. The third-order valence-electron chi connectivity index (χ3n) is 6.16. The monoisotopic (exact) mass is 451 g/mol. The molecule has 2 unspecified atom stereocenters. The lowest BCUT2D eigenvalue weighted by molar-refractivity contribution is 0.186. The molecule has 0 spiro atoms. The zero-order chi connectivity index (χ0) is 21.7. The van der Waals surface area contributed by atoms with Crippen LogP contribution in [0.3, 0.4) is 0 Å². The number of sulfone groups is 1. The first-order chi connectivity index (χ1) is 14.2. The molecule has 1 saturated heterocycles. The van der Waals surface area contributed by atoms with Crippen LogP contribution >= 0.6 is 11.6 Å². The van der Waals surface area contributed by atoms with E-state index >= 15 is 0 Å². The molecule has 2 heterocycles. The van der Waals surface area contributed by atoms with Gasteiger partial charge in [-0.15, -0.1) is 0 Å². The normalized spacial score (nSPS) is 17.5. The van der Waals surface area contributed by atoms with Gasteiger partial charge in [0, 0.05) is 19.3 Å². The maximum absolute atomic E-state index is 11.5. The number of halogens is 1. The summed E-state index contributed by atoms with van der Waals surface area (Å²) in [4.78, 5) is 11.2. The van der Waals surface area contributed by atoms with Crippen molar-refractivity contribution in [3.63, 3.8) is 0 Å². The molecule has 1 aliphatic rings. The minimum Gasteiger partial charge on any atom is -0.494 e. The highest BCUT2D eigenvalue weighted by atomic mass is 35.5. The Hall–Kier alpha value is -1.86. The average molecular weight is 452 g/mol. The number of hydrogen-bond donors (Lipinski definition) is 0. The summed E-state index contributed by atoms with van der Waals surface area (Å²) in [6, 6.07) is 6.63. The molecule has 3 rings (SSSR count). The standard InChI is InChI=1S/C22H30ClN3O3S/c1-16(10-13-29-20-4-6-21(7-5-20)30(3,27)28)17(2)18-8-11-26(12-9-18)22-24-14-19(23)15-25-22/h4-7,14-18H,8-13H2,1-3H3. The Kier molecular flexibility index (Phi) is 7.58. The van der Waals surface area contributed by atoms with Crippen LogP contribution in [0.2, 0.25) is 5.02 Å². The number of anilines is 1. The van der Waals surface area contributed by atoms with Gasteiger partial charge in [-0.3, -0.25) is 0 Å². The van der Waals surface area contributed by atoms with Gasteiger partial charge in [0.1, 0.15) is 5.75 Å². The van der Waals surface area contributed by atoms with E-state index in [1.54, 1.807) is 36.7 Å². The van der Waals surface area contributed by atoms with Crippen molar-refractivity contribution in [1.82, 2.24) is 9.97 Å². The SMILES string of the molecule is CC(CCOc1ccc(S(C)(=O)=O)cc1)C(C)C1CCN(c2ncc(Cl)cn2)CC1. The van der Waals surface area contributed by atoms with Crippen molar-refractivity contribution in [3.05, 3.63) is 41.7 Å². The molecule has 6 nitrogen and oxygen atoms in total. The second-order valence-electron chi connectivity index (χ2n) is 8.24. The molecule has 0 N–H and O–H groups in total. The molecular weight excluding hydrogens is 422 g/mol. The number of nitrogens with zero attached hydrogens (tertiary/aromatic N) is 3. The first kappa shape index (κ1) is 22.8. The average Bonchev–Trinajstić information content (AvgIpc) is 2.73. The van der Waals surface area contributed by atoms with Crippen molar-refractivity contribution in [1.29, 1.82) is 0 Å². The molecule has 0 saturated carbocycles. The van der Waals surface area contributed by atoms with E-state index in [1.165, 1.54) is 6.26 Å².